The fourth-order valence-electron chi connectivity index (χ4n) is 3.61. The topological polar surface area (TPSA) is 74.7 Å². The highest BCUT2D eigenvalue weighted by atomic mass is 19.1. The first-order chi connectivity index (χ1) is 12.4. The number of fused-ring (bicyclic) bond motifs is 1. The van der Waals surface area contributed by atoms with Crippen LogP contribution in [0.1, 0.15) is 45.5 Å². The summed E-state index contributed by atoms with van der Waals surface area (Å²) in [5.74, 6) is -4.71. The van der Waals surface area contributed by atoms with E-state index in [2.05, 4.69) is 0 Å². The zero-order valence-corrected chi connectivity index (χ0v) is 13.5. The molecular weight excluding hydrogens is 344 g/mol. The van der Waals surface area contributed by atoms with Gasteiger partial charge in [-0.15, -0.1) is 0 Å². The molecule has 4 rings (SSSR count). The normalized spacial score (nSPS) is 17.8. The van der Waals surface area contributed by atoms with E-state index in [1.807, 2.05) is 0 Å². The molecule has 0 radical (unpaired) electrons. The molecular formula is C19H13F2NO4. The molecule has 1 N–H and O–H groups in total. The van der Waals surface area contributed by atoms with Gasteiger partial charge in [0.1, 0.15) is 11.6 Å². The van der Waals surface area contributed by atoms with Crippen LogP contribution in [0.3, 0.4) is 0 Å². The zero-order valence-electron chi connectivity index (χ0n) is 13.5. The molecule has 2 amide bonds. The highest BCUT2D eigenvalue weighted by molar-refractivity contribution is 6.34. The van der Waals surface area contributed by atoms with Crippen molar-refractivity contribution in [1.29, 1.82) is 0 Å². The number of benzene rings is 2. The minimum atomic E-state index is -0.960. The van der Waals surface area contributed by atoms with E-state index in [-0.39, 0.29) is 5.69 Å². The average Bonchev–Trinajstić information content (AvgIpc) is 2.83. The molecule has 0 unspecified atom stereocenters. The predicted molar refractivity (Wildman–Crippen MR) is 87.1 cm³/mol. The van der Waals surface area contributed by atoms with E-state index >= 15 is 0 Å². The van der Waals surface area contributed by atoms with Crippen LogP contribution >= 0.6 is 0 Å². The van der Waals surface area contributed by atoms with Gasteiger partial charge in [-0.25, -0.2) is 13.7 Å². The molecule has 1 fully saturated rings. The van der Waals surface area contributed by atoms with Crippen LogP contribution in [-0.4, -0.2) is 22.9 Å². The molecule has 132 valence electrons. The van der Waals surface area contributed by atoms with E-state index in [0.717, 1.165) is 18.6 Å². The first-order valence-corrected chi connectivity index (χ1v) is 8.07. The summed E-state index contributed by atoms with van der Waals surface area (Å²) in [6, 6.07) is 7.54. The molecule has 1 aliphatic heterocycles. The third-order valence-corrected chi connectivity index (χ3v) is 5.23. The lowest BCUT2D eigenvalue weighted by atomic mass is 9.64. The first kappa shape index (κ1) is 16.4. The number of imide groups is 1. The molecule has 0 atom stereocenters. The summed E-state index contributed by atoms with van der Waals surface area (Å²) < 4.78 is 27.8. The molecule has 1 heterocycles. The molecule has 2 aliphatic rings. The lowest BCUT2D eigenvalue weighted by Gasteiger charge is -2.38. The van der Waals surface area contributed by atoms with Gasteiger partial charge >= 0.3 is 5.97 Å². The average molecular weight is 357 g/mol. The predicted octanol–water partition coefficient (Wildman–Crippen LogP) is 3.27. The Balaban J connectivity index is 1.73. The van der Waals surface area contributed by atoms with Crippen molar-refractivity contribution in [2.24, 2.45) is 0 Å². The molecule has 26 heavy (non-hydrogen) atoms. The van der Waals surface area contributed by atoms with Crippen LogP contribution in [-0.2, 0) is 10.2 Å². The minimum Gasteiger partial charge on any atom is -0.481 e. The Morgan fingerprint density at radius 3 is 1.81 bits per heavy atom. The number of carbonyl (C=O) groups is 3. The Morgan fingerprint density at radius 1 is 0.923 bits per heavy atom. The lowest BCUT2D eigenvalue weighted by Crippen LogP contribution is -2.42. The van der Waals surface area contributed by atoms with Gasteiger partial charge in [0.25, 0.3) is 11.8 Å². The standard InChI is InChI=1S/C19H13F2NO4/c20-12-6-7-13(21)15-14(12)16(23)22(17(15)24)11-4-2-10(3-5-11)19(18(25)26)8-1-9-19/h2-7H,1,8-9H2,(H,25,26). The monoisotopic (exact) mass is 357 g/mol. The summed E-state index contributed by atoms with van der Waals surface area (Å²) >= 11 is 0. The van der Waals surface area contributed by atoms with Crippen LogP contribution in [0.25, 0.3) is 0 Å². The summed E-state index contributed by atoms with van der Waals surface area (Å²) in [5, 5.41) is 9.48. The lowest BCUT2D eigenvalue weighted by molar-refractivity contribution is -0.147. The van der Waals surface area contributed by atoms with Gasteiger partial charge in [0.2, 0.25) is 0 Å². The van der Waals surface area contributed by atoms with Crippen molar-refractivity contribution >= 4 is 23.5 Å². The third-order valence-electron chi connectivity index (χ3n) is 5.23. The first-order valence-electron chi connectivity index (χ1n) is 8.07. The van der Waals surface area contributed by atoms with Crippen molar-refractivity contribution in [2.75, 3.05) is 4.90 Å². The second-order valence-electron chi connectivity index (χ2n) is 6.51. The van der Waals surface area contributed by atoms with E-state index in [1.165, 1.54) is 12.1 Å². The number of rotatable bonds is 3. The fourth-order valence-corrected chi connectivity index (χ4v) is 3.61. The SMILES string of the molecule is O=C1c2c(F)ccc(F)c2C(=O)N1c1ccc(C2(C(=O)O)CCC2)cc1. The molecule has 2 aromatic carbocycles. The number of carboxylic acids is 1. The maximum absolute atomic E-state index is 13.9. The van der Waals surface area contributed by atoms with Gasteiger partial charge in [0, 0.05) is 0 Å². The van der Waals surface area contributed by atoms with E-state index in [0.29, 0.717) is 23.3 Å². The summed E-state index contributed by atoms with van der Waals surface area (Å²) in [6.07, 6.45) is 1.85. The molecule has 1 aliphatic carbocycles. The number of halogens is 2. The molecule has 0 saturated heterocycles. The third kappa shape index (κ3) is 2.03. The number of carbonyl (C=O) groups excluding carboxylic acids is 2. The largest absolute Gasteiger partial charge is 0.481 e. The van der Waals surface area contributed by atoms with Crippen LogP contribution in [0.5, 0.6) is 0 Å². The van der Waals surface area contributed by atoms with Crippen molar-refractivity contribution < 1.29 is 28.3 Å². The maximum atomic E-state index is 13.9. The van der Waals surface area contributed by atoms with Crippen LogP contribution in [0.2, 0.25) is 0 Å². The van der Waals surface area contributed by atoms with Gasteiger partial charge in [-0.2, -0.15) is 0 Å². The van der Waals surface area contributed by atoms with Crippen molar-refractivity contribution in [3.63, 3.8) is 0 Å². The molecule has 0 bridgehead atoms. The highest BCUT2D eigenvalue weighted by Gasteiger charge is 2.46. The summed E-state index contributed by atoms with van der Waals surface area (Å²) in [7, 11) is 0. The van der Waals surface area contributed by atoms with Gasteiger partial charge in [0.15, 0.2) is 0 Å². The van der Waals surface area contributed by atoms with E-state index < -0.39 is 46.0 Å². The van der Waals surface area contributed by atoms with Crippen LogP contribution in [0.15, 0.2) is 36.4 Å². The number of amides is 2. The van der Waals surface area contributed by atoms with E-state index in [1.54, 1.807) is 12.1 Å². The van der Waals surface area contributed by atoms with E-state index in [9.17, 15) is 28.3 Å². The maximum Gasteiger partial charge on any atom is 0.314 e. The fraction of sp³-hybridized carbons (Fsp3) is 0.211. The van der Waals surface area contributed by atoms with Gasteiger partial charge in [-0.1, -0.05) is 18.6 Å². The summed E-state index contributed by atoms with van der Waals surface area (Å²) in [6.45, 7) is 0. The second-order valence-corrected chi connectivity index (χ2v) is 6.51. The number of anilines is 1. The molecule has 2 aromatic rings. The Hall–Kier alpha value is -3.09. The minimum absolute atomic E-state index is 0.138. The summed E-state index contributed by atoms with van der Waals surface area (Å²) in [5.41, 5.74) is -1.40. The van der Waals surface area contributed by atoms with Crippen molar-refractivity contribution in [3.8, 4) is 0 Å². The number of carboxylic acid groups (broad SMARTS) is 1. The Labute approximate surface area is 146 Å². The molecule has 0 aromatic heterocycles. The molecule has 5 nitrogen and oxygen atoms in total. The van der Waals surface area contributed by atoms with Crippen LogP contribution in [0.4, 0.5) is 14.5 Å². The number of hydrogen-bond acceptors (Lipinski definition) is 3. The van der Waals surface area contributed by atoms with Crippen molar-refractivity contribution in [2.45, 2.75) is 24.7 Å². The van der Waals surface area contributed by atoms with Gasteiger partial charge in [-0.05, 0) is 42.7 Å². The highest BCUT2D eigenvalue weighted by Crippen LogP contribution is 2.44. The molecule has 7 heteroatoms. The van der Waals surface area contributed by atoms with E-state index in [4.69, 9.17) is 0 Å². The molecule has 1 saturated carbocycles. The van der Waals surface area contributed by atoms with Crippen molar-refractivity contribution in [3.05, 3.63) is 64.7 Å². The van der Waals surface area contributed by atoms with Gasteiger partial charge < -0.3 is 5.11 Å². The smallest absolute Gasteiger partial charge is 0.314 e. The number of aliphatic carboxylic acids is 1. The Kier molecular flexibility index (Phi) is 3.44. The second kappa shape index (κ2) is 5.45. The number of hydrogen-bond donors (Lipinski definition) is 1. The van der Waals surface area contributed by atoms with Crippen LogP contribution in [0, 0.1) is 11.6 Å². The van der Waals surface area contributed by atoms with Crippen LogP contribution < -0.4 is 4.90 Å². The zero-order chi connectivity index (χ0) is 18.6. The van der Waals surface area contributed by atoms with Gasteiger partial charge in [-0.3, -0.25) is 14.4 Å². The Bertz CT molecular complexity index is 923. The quantitative estimate of drug-likeness (QED) is 0.856. The van der Waals surface area contributed by atoms with Crippen molar-refractivity contribution in [1.82, 2.24) is 0 Å². The number of nitrogens with zero attached hydrogens (tertiary/aromatic N) is 1. The Morgan fingerprint density at radius 2 is 1.42 bits per heavy atom. The van der Waals surface area contributed by atoms with Gasteiger partial charge in [0.05, 0.1) is 22.2 Å². The summed E-state index contributed by atoms with van der Waals surface area (Å²) in [4.78, 5) is 37.2. The molecule has 0 spiro atoms.